The number of methoxy groups -OCH3 is 2. The monoisotopic (exact) mass is 447 g/mol. The van der Waals surface area contributed by atoms with Crippen molar-refractivity contribution in [2.75, 3.05) is 24.4 Å². The first-order chi connectivity index (χ1) is 15.9. The lowest BCUT2D eigenvalue weighted by Gasteiger charge is -2.18. The van der Waals surface area contributed by atoms with Crippen LogP contribution in [0.3, 0.4) is 0 Å². The number of nitro benzene ring substituents is 1. The molecule has 4 rings (SSSR count). The fraction of sp³-hybridized carbons (Fsp3) is 0.0870. The molecule has 0 saturated heterocycles. The third-order valence-electron chi connectivity index (χ3n) is 5.14. The van der Waals surface area contributed by atoms with Crippen molar-refractivity contribution in [3.05, 3.63) is 87.5 Å². The predicted octanol–water partition coefficient (Wildman–Crippen LogP) is 3.66. The largest absolute Gasteiger partial charge is 0.497 e. The third kappa shape index (κ3) is 3.63. The minimum atomic E-state index is -0.871. The molecule has 3 amide bonds. The molecule has 0 radical (unpaired) electrons. The van der Waals surface area contributed by atoms with Crippen LogP contribution in [0.1, 0.15) is 31.1 Å². The Bertz CT molecular complexity index is 1320. The van der Waals surface area contributed by atoms with Gasteiger partial charge in [0.25, 0.3) is 23.4 Å². The van der Waals surface area contributed by atoms with Gasteiger partial charge in [-0.3, -0.25) is 24.5 Å². The number of para-hydroxylation sites is 1. The molecule has 3 aromatic carbocycles. The van der Waals surface area contributed by atoms with Crippen molar-refractivity contribution in [1.82, 2.24) is 0 Å². The average Bonchev–Trinajstić information content (AvgIpc) is 3.09. The van der Waals surface area contributed by atoms with E-state index in [1.165, 1.54) is 38.5 Å². The first-order valence-corrected chi connectivity index (χ1v) is 9.66. The minimum absolute atomic E-state index is 0.00276. The van der Waals surface area contributed by atoms with Gasteiger partial charge in [0.2, 0.25) is 0 Å². The van der Waals surface area contributed by atoms with Crippen LogP contribution in [0.2, 0.25) is 0 Å². The zero-order valence-electron chi connectivity index (χ0n) is 17.5. The molecule has 0 atom stereocenters. The second-order valence-electron chi connectivity index (χ2n) is 6.94. The second-order valence-corrected chi connectivity index (χ2v) is 6.94. The Morgan fingerprint density at radius 3 is 2.42 bits per heavy atom. The Hall–Kier alpha value is -4.73. The number of rotatable bonds is 6. The van der Waals surface area contributed by atoms with Gasteiger partial charge < -0.3 is 14.8 Å². The number of amides is 3. The molecular formula is C23H17N3O7. The molecule has 33 heavy (non-hydrogen) atoms. The third-order valence-corrected chi connectivity index (χ3v) is 5.14. The predicted molar refractivity (Wildman–Crippen MR) is 118 cm³/mol. The van der Waals surface area contributed by atoms with Crippen LogP contribution in [-0.2, 0) is 0 Å². The lowest BCUT2D eigenvalue weighted by atomic mass is 10.1. The molecule has 0 unspecified atom stereocenters. The van der Waals surface area contributed by atoms with Crippen LogP contribution in [-0.4, -0.2) is 36.9 Å². The van der Waals surface area contributed by atoms with Crippen LogP contribution < -0.4 is 19.7 Å². The summed E-state index contributed by atoms with van der Waals surface area (Å²) in [6.45, 7) is 0. The smallest absolute Gasteiger partial charge is 0.283 e. The zero-order chi connectivity index (χ0) is 23.7. The summed E-state index contributed by atoms with van der Waals surface area (Å²) in [7, 11) is 2.93. The highest BCUT2D eigenvalue weighted by Crippen LogP contribution is 2.36. The van der Waals surface area contributed by atoms with Crippen LogP contribution in [0.4, 0.5) is 17.1 Å². The summed E-state index contributed by atoms with van der Waals surface area (Å²) >= 11 is 0. The minimum Gasteiger partial charge on any atom is -0.497 e. The SMILES string of the molecule is COc1ccc(NC(=O)c2ccccc2N2C(=O)c3cccc([N+](=O)[O-])c3C2=O)c(OC)c1. The first-order valence-electron chi connectivity index (χ1n) is 9.66. The van der Waals surface area contributed by atoms with Crippen molar-refractivity contribution in [2.45, 2.75) is 0 Å². The first kappa shape index (κ1) is 21.5. The molecule has 0 spiro atoms. The van der Waals surface area contributed by atoms with Gasteiger partial charge in [-0.1, -0.05) is 18.2 Å². The molecule has 0 bridgehead atoms. The number of imide groups is 1. The summed E-state index contributed by atoms with van der Waals surface area (Å²) in [5, 5.41) is 14.1. The molecule has 1 aliphatic heterocycles. The van der Waals surface area contributed by atoms with E-state index in [1.54, 1.807) is 30.3 Å². The van der Waals surface area contributed by atoms with Crippen molar-refractivity contribution >= 4 is 34.8 Å². The van der Waals surface area contributed by atoms with Crippen molar-refractivity contribution in [2.24, 2.45) is 0 Å². The van der Waals surface area contributed by atoms with Gasteiger partial charge >= 0.3 is 0 Å². The lowest BCUT2D eigenvalue weighted by Crippen LogP contribution is -2.31. The summed E-state index contributed by atoms with van der Waals surface area (Å²) in [4.78, 5) is 50.6. The molecule has 0 fully saturated rings. The average molecular weight is 447 g/mol. The molecule has 0 aliphatic carbocycles. The van der Waals surface area contributed by atoms with Crippen molar-refractivity contribution < 1.29 is 28.8 Å². The number of hydrogen-bond donors (Lipinski definition) is 1. The summed E-state index contributed by atoms with van der Waals surface area (Å²) < 4.78 is 10.4. The van der Waals surface area contributed by atoms with Gasteiger partial charge in [-0.2, -0.15) is 0 Å². The van der Waals surface area contributed by atoms with Crippen LogP contribution in [0.15, 0.2) is 60.7 Å². The number of nitrogens with zero attached hydrogens (tertiary/aromatic N) is 2. The van der Waals surface area contributed by atoms with E-state index < -0.39 is 28.3 Å². The van der Waals surface area contributed by atoms with Crippen LogP contribution >= 0.6 is 0 Å². The molecule has 10 heteroatoms. The van der Waals surface area contributed by atoms with Gasteiger partial charge in [0.15, 0.2) is 0 Å². The van der Waals surface area contributed by atoms with Crippen molar-refractivity contribution in [3.8, 4) is 11.5 Å². The molecule has 1 heterocycles. The number of fused-ring (bicyclic) bond motifs is 1. The number of carbonyl (C=O) groups excluding carboxylic acids is 3. The van der Waals surface area contributed by atoms with E-state index in [9.17, 15) is 24.5 Å². The Labute approximate surface area is 187 Å². The maximum absolute atomic E-state index is 13.1. The second kappa shape index (κ2) is 8.42. The fourth-order valence-corrected chi connectivity index (χ4v) is 3.59. The van der Waals surface area contributed by atoms with Gasteiger partial charge in [0, 0.05) is 12.1 Å². The molecule has 0 saturated carbocycles. The van der Waals surface area contributed by atoms with E-state index in [4.69, 9.17) is 9.47 Å². The maximum Gasteiger partial charge on any atom is 0.283 e. The maximum atomic E-state index is 13.1. The number of hydrogen-bond acceptors (Lipinski definition) is 7. The van der Waals surface area contributed by atoms with E-state index in [2.05, 4.69) is 5.32 Å². The molecule has 3 aromatic rings. The van der Waals surface area contributed by atoms with Crippen molar-refractivity contribution in [1.29, 1.82) is 0 Å². The summed E-state index contributed by atoms with van der Waals surface area (Å²) in [6, 6.07) is 14.6. The van der Waals surface area contributed by atoms with Crippen LogP contribution in [0.25, 0.3) is 0 Å². The molecule has 166 valence electrons. The van der Waals surface area contributed by atoms with Gasteiger partial charge in [0.05, 0.1) is 41.6 Å². The van der Waals surface area contributed by atoms with E-state index in [0.717, 1.165) is 11.0 Å². The summed E-state index contributed by atoms with van der Waals surface area (Å²) in [6.07, 6.45) is 0. The number of benzene rings is 3. The summed E-state index contributed by atoms with van der Waals surface area (Å²) in [5.74, 6) is -1.36. The molecule has 10 nitrogen and oxygen atoms in total. The highest BCUT2D eigenvalue weighted by Gasteiger charge is 2.42. The lowest BCUT2D eigenvalue weighted by molar-refractivity contribution is -0.385. The Morgan fingerprint density at radius 2 is 1.73 bits per heavy atom. The Kier molecular flexibility index (Phi) is 5.49. The number of carbonyl (C=O) groups is 3. The summed E-state index contributed by atoms with van der Waals surface area (Å²) in [5.41, 5.74) is -0.509. The van der Waals surface area contributed by atoms with E-state index in [-0.39, 0.29) is 22.4 Å². The van der Waals surface area contributed by atoms with Crippen molar-refractivity contribution in [3.63, 3.8) is 0 Å². The molecule has 0 aromatic heterocycles. The zero-order valence-corrected chi connectivity index (χ0v) is 17.5. The fourth-order valence-electron chi connectivity index (χ4n) is 3.59. The van der Waals surface area contributed by atoms with Gasteiger partial charge in [-0.05, 0) is 30.3 Å². The van der Waals surface area contributed by atoms with Gasteiger partial charge in [-0.15, -0.1) is 0 Å². The molecule has 1 N–H and O–H groups in total. The molecular weight excluding hydrogens is 430 g/mol. The van der Waals surface area contributed by atoms with Crippen LogP contribution in [0.5, 0.6) is 11.5 Å². The Balaban J connectivity index is 1.73. The quantitative estimate of drug-likeness (QED) is 0.347. The number of ether oxygens (including phenoxy) is 2. The topological polar surface area (TPSA) is 128 Å². The molecule has 1 aliphatic rings. The number of nitrogens with one attached hydrogen (secondary N) is 1. The number of anilines is 2. The highest BCUT2D eigenvalue weighted by molar-refractivity contribution is 6.36. The van der Waals surface area contributed by atoms with E-state index >= 15 is 0 Å². The van der Waals surface area contributed by atoms with E-state index in [1.807, 2.05) is 0 Å². The van der Waals surface area contributed by atoms with Gasteiger partial charge in [0.1, 0.15) is 17.1 Å². The normalized spacial score (nSPS) is 12.4. The number of nitro groups is 1. The Morgan fingerprint density at radius 1 is 0.970 bits per heavy atom. The van der Waals surface area contributed by atoms with Crippen LogP contribution in [0, 0.1) is 10.1 Å². The van der Waals surface area contributed by atoms with Gasteiger partial charge in [-0.25, -0.2) is 4.90 Å². The highest BCUT2D eigenvalue weighted by atomic mass is 16.6. The van der Waals surface area contributed by atoms with E-state index in [0.29, 0.717) is 17.2 Å². The standard InChI is InChI=1S/C23H17N3O7/c1-32-13-10-11-16(19(12-13)33-2)24-21(27)14-6-3-4-8-17(14)25-22(28)15-7-5-9-18(26(30)31)20(15)23(25)29/h3-12H,1-2H3,(H,24,27).